The zero-order valence-corrected chi connectivity index (χ0v) is 68.9. The molecule has 0 aliphatic heterocycles. The average Bonchev–Trinajstić information content (AvgIpc) is 0.985. The van der Waals surface area contributed by atoms with E-state index in [4.69, 9.17) is 18.9 Å². The van der Waals surface area contributed by atoms with Crippen molar-refractivity contribution in [3.8, 4) is 0 Å². The van der Waals surface area contributed by atoms with Gasteiger partial charge < -0.3 is 33.3 Å². The molecule has 2 unspecified atom stereocenters. The molecule has 0 fully saturated rings. The number of hydrogen-bond acceptors (Lipinski definition) is 8. The molecule has 0 aliphatic carbocycles. The predicted molar refractivity (Wildman–Crippen MR) is 444 cm³/mol. The fourth-order valence-electron chi connectivity index (χ4n) is 13.4. The fourth-order valence-corrected chi connectivity index (χ4v) is 13.4. The molecule has 0 N–H and O–H groups in total. The lowest BCUT2D eigenvalue weighted by molar-refractivity contribution is -0.870. The van der Waals surface area contributed by atoms with Crippen molar-refractivity contribution in [1.82, 2.24) is 0 Å². The molecule has 0 aromatic heterocycles. The van der Waals surface area contributed by atoms with Crippen LogP contribution in [0, 0.1) is 0 Å². The van der Waals surface area contributed by atoms with Crippen LogP contribution in [0.2, 0.25) is 0 Å². The molecule has 0 amide bonds. The lowest BCUT2D eigenvalue weighted by Crippen LogP contribution is -2.44. The van der Waals surface area contributed by atoms with Gasteiger partial charge >= 0.3 is 11.9 Å². The predicted octanol–water partition coefficient (Wildman–Crippen LogP) is 27.9. The van der Waals surface area contributed by atoms with Gasteiger partial charge in [-0.25, -0.2) is 0 Å². The Balaban J connectivity index is 3.91. The second kappa shape index (κ2) is 84.1. The summed E-state index contributed by atoms with van der Waals surface area (Å²) in [6, 6.07) is 0. The monoisotopic (exact) mass is 1440 g/mol. The third kappa shape index (κ3) is 85.6. The van der Waals surface area contributed by atoms with E-state index in [1.54, 1.807) is 0 Å². The highest BCUT2D eigenvalue weighted by molar-refractivity contribution is 5.70. The minimum Gasteiger partial charge on any atom is -0.545 e. The molecule has 0 spiro atoms. The molecular formula is C94H171NO8. The Morgan fingerprint density at radius 2 is 0.553 bits per heavy atom. The number of allylic oxidation sites excluding steroid dienone is 14. The van der Waals surface area contributed by atoms with Crippen molar-refractivity contribution in [3.63, 3.8) is 0 Å². The van der Waals surface area contributed by atoms with E-state index in [2.05, 4.69) is 98.9 Å². The van der Waals surface area contributed by atoms with Crippen molar-refractivity contribution in [1.29, 1.82) is 0 Å². The van der Waals surface area contributed by atoms with Crippen LogP contribution >= 0.6 is 0 Å². The van der Waals surface area contributed by atoms with Crippen LogP contribution in [0.3, 0.4) is 0 Å². The number of carbonyl (C=O) groups excluding carboxylic acids is 3. The summed E-state index contributed by atoms with van der Waals surface area (Å²) in [7, 11) is 5.96. The van der Waals surface area contributed by atoms with Gasteiger partial charge in [0.25, 0.3) is 0 Å². The number of rotatable bonds is 84. The molecule has 0 heterocycles. The number of aliphatic carboxylic acids is 1. The quantitative estimate of drug-likeness (QED) is 0.0195. The Labute approximate surface area is 640 Å². The van der Waals surface area contributed by atoms with Gasteiger partial charge in [-0.3, -0.25) is 9.59 Å². The summed E-state index contributed by atoms with van der Waals surface area (Å²) in [6.07, 6.45) is 113. The summed E-state index contributed by atoms with van der Waals surface area (Å²) in [5.41, 5.74) is 0. The van der Waals surface area contributed by atoms with Gasteiger partial charge in [-0.05, 0) is 89.9 Å². The molecule has 600 valence electrons. The van der Waals surface area contributed by atoms with Crippen molar-refractivity contribution < 1.29 is 42.9 Å². The third-order valence-electron chi connectivity index (χ3n) is 20.1. The molecule has 103 heavy (non-hydrogen) atoms. The SMILES string of the molecule is CC/C=C\C/C=C\C/C=C\C/C=C\C/C=C\CCCCCCCCCCCCCCCCCCCCCCCCCC(=O)OC(COC(=O)CCCCCCCCCCCCCCCCCCCCCCCCCCCCC/C=C\C/C=C\CCCCCCC)COC(OCC[N+](C)(C)C)C(=O)[O-]. The summed E-state index contributed by atoms with van der Waals surface area (Å²) in [4.78, 5) is 37.7. The van der Waals surface area contributed by atoms with Gasteiger partial charge in [0.2, 0.25) is 0 Å². The van der Waals surface area contributed by atoms with Crippen LogP contribution in [0.1, 0.15) is 438 Å². The highest BCUT2D eigenvalue weighted by Gasteiger charge is 2.22. The Hall–Kier alpha value is -3.53. The van der Waals surface area contributed by atoms with Crippen LogP contribution in [0.15, 0.2) is 85.1 Å². The number of carboxylic acids is 1. The minimum atomic E-state index is -1.62. The van der Waals surface area contributed by atoms with Gasteiger partial charge in [0.1, 0.15) is 13.2 Å². The average molecular weight is 1440 g/mol. The summed E-state index contributed by atoms with van der Waals surface area (Å²) in [5, 5.41) is 11.9. The topological polar surface area (TPSA) is 111 Å². The first-order chi connectivity index (χ1) is 50.6. The van der Waals surface area contributed by atoms with Gasteiger partial charge in [-0.2, -0.15) is 0 Å². The molecule has 0 bridgehead atoms. The molecule has 0 rings (SSSR count). The molecular weight excluding hydrogens is 1270 g/mol. The van der Waals surface area contributed by atoms with Crippen molar-refractivity contribution in [2.75, 3.05) is 47.5 Å². The summed E-state index contributed by atoms with van der Waals surface area (Å²) >= 11 is 0. The standard InChI is InChI=1S/C94H171NO8/c1-6-8-10-12-14-16-18-20-22-24-26-28-30-32-34-36-38-40-42-44-46-48-50-52-54-56-58-60-62-64-66-68-70-72-74-76-78-80-82-84-91(96)101-88-90(89-102-94(93(98)99)100-87-86-95(3,4)5)103-92(97)85-83-81-79-77-75-73-71-69-67-65-63-61-59-57-55-53-51-49-47-45-43-41-39-37-35-33-31-29-27-25-23-21-19-17-15-13-11-9-7-2/h9,11,15,17-18,20-21,23-24,26-27,29,33,35,90,94H,6-8,10,12-14,16,19,22,25,28,30-32,34,36-89H2,1-5H3/b11-9-,17-15-,20-18-,23-21-,26-24-,29-27-,35-33-. The van der Waals surface area contributed by atoms with Crippen LogP contribution in [-0.4, -0.2) is 82.3 Å². The van der Waals surface area contributed by atoms with E-state index in [0.717, 1.165) is 77.0 Å². The number of carboxylic acid groups (broad SMARTS) is 1. The Morgan fingerprint density at radius 3 is 0.825 bits per heavy atom. The summed E-state index contributed by atoms with van der Waals surface area (Å²) < 4.78 is 22.9. The molecule has 0 aromatic carbocycles. The van der Waals surface area contributed by atoms with Gasteiger partial charge in [-0.15, -0.1) is 0 Å². The molecule has 9 heteroatoms. The van der Waals surface area contributed by atoms with Crippen LogP contribution in [0.5, 0.6) is 0 Å². The molecule has 0 saturated carbocycles. The van der Waals surface area contributed by atoms with E-state index in [-0.39, 0.29) is 32.2 Å². The highest BCUT2D eigenvalue weighted by atomic mass is 16.7. The van der Waals surface area contributed by atoms with E-state index in [9.17, 15) is 19.5 Å². The highest BCUT2D eigenvalue weighted by Crippen LogP contribution is 2.20. The van der Waals surface area contributed by atoms with Crippen molar-refractivity contribution in [2.45, 2.75) is 450 Å². The van der Waals surface area contributed by atoms with Crippen LogP contribution in [-0.2, 0) is 33.3 Å². The first kappa shape index (κ1) is 99.5. The Bertz CT molecular complexity index is 1980. The van der Waals surface area contributed by atoms with Gasteiger partial charge in [-0.1, -0.05) is 420 Å². The first-order valence-corrected chi connectivity index (χ1v) is 44.7. The van der Waals surface area contributed by atoms with Gasteiger partial charge in [0.05, 0.1) is 40.3 Å². The fraction of sp³-hybridized carbons (Fsp3) is 0.819. The van der Waals surface area contributed by atoms with Crippen molar-refractivity contribution in [2.24, 2.45) is 0 Å². The number of hydrogen-bond donors (Lipinski definition) is 0. The van der Waals surface area contributed by atoms with E-state index in [0.29, 0.717) is 17.4 Å². The van der Waals surface area contributed by atoms with E-state index in [1.165, 1.54) is 334 Å². The third-order valence-corrected chi connectivity index (χ3v) is 20.1. The Kier molecular flexibility index (Phi) is 81.2. The van der Waals surface area contributed by atoms with Crippen LogP contribution in [0.4, 0.5) is 0 Å². The molecule has 0 aromatic rings. The zero-order valence-electron chi connectivity index (χ0n) is 68.9. The number of unbranched alkanes of at least 4 members (excludes halogenated alkanes) is 55. The van der Waals surface area contributed by atoms with Gasteiger partial charge in [0, 0.05) is 12.8 Å². The summed E-state index contributed by atoms with van der Waals surface area (Å²) in [6.45, 7) is 4.69. The maximum atomic E-state index is 13.0. The number of carbonyl (C=O) groups is 3. The van der Waals surface area contributed by atoms with E-state index < -0.39 is 24.3 Å². The largest absolute Gasteiger partial charge is 0.545 e. The van der Waals surface area contributed by atoms with E-state index >= 15 is 0 Å². The molecule has 0 saturated heterocycles. The van der Waals surface area contributed by atoms with E-state index in [1.807, 2.05) is 21.1 Å². The maximum Gasteiger partial charge on any atom is 0.306 e. The van der Waals surface area contributed by atoms with Crippen LogP contribution in [0.25, 0.3) is 0 Å². The minimum absolute atomic E-state index is 0.150. The maximum absolute atomic E-state index is 13.0. The Morgan fingerprint density at radius 1 is 0.301 bits per heavy atom. The number of nitrogens with zero attached hydrogens (tertiary/aromatic N) is 1. The lowest BCUT2D eigenvalue weighted by Gasteiger charge is -2.26. The molecule has 0 radical (unpaired) electrons. The second-order valence-corrected chi connectivity index (χ2v) is 31.5. The van der Waals surface area contributed by atoms with Crippen LogP contribution < -0.4 is 5.11 Å². The smallest absolute Gasteiger partial charge is 0.306 e. The van der Waals surface area contributed by atoms with Gasteiger partial charge in [0.15, 0.2) is 12.4 Å². The zero-order chi connectivity index (χ0) is 74.6. The molecule has 2 atom stereocenters. The second-order valence-electron chi connectivity index (χ2n) is 31.5. The van der Waals surface area contributed by atoms with Crippen molar-refractivity contribution in [3.05, 3.63) is 85.1 Å². The first-order valence-electron chi connectivity index (χ1n) is 44.7. The molecule has 0 aliphatic rings. The normalized spacial score (nSPS) is 13.0. The lowest BCUT2D eigenvalue weighted by atomic mass is 10.0. The number of ether oxygens (including phenoxy) is 4. The van der Waals surface area contributed by atoms with Crippen molar-refractivity contribution >= 4 is 17.9 Å². The number of esters is 2. The molecule has 9 nitrogen and oxygen atoms in total. The number of likely N-dealkylation sites (N-methyl/N-ethyl adjacent to an activating group) is 1. The number of quaternary nitrogens is 1. The summed E-state index contributed by atoms with van der Waals surface area (Å²) in [5.74, 6) is -2.25.